The summed E-state index contributed by atoms with van der Waals surface area (Å²) in [5.41, 5.74) is 1.49. The van der Waals surface area contributed by atoms with E-state index in [4.69, 9.17) is 11.6 Å². The van der Waals surface area contributed by atoms with E-state index in [-0.39, 0.29) is 24.3 Å². The Morgan fingerprint density at radius 3 is 2.50 bits per heavy atom. The number of imide groups is 1. The molecule has 1 aromatic rings. The quantitative estimate of drug-likeness (QED) is 0.775. The van der Waals surface area contributed by atoms with Gasteiger partial charge in [-0.3, -0.25) is 14.5 Å². The predicted molar refractivity (Wildman–Crippen MR) is 86.2 cm³/mol. The fourth-order valence-electron chi connectivity index (χ4n) is 3.11. The van der Waals surface area contributed by atoms with Gasteiger partial charge in [0, 0.05) is 31.2 Å². The molecule has 0 radical (unpaired) electrons. The van der Waals surface area contributed by atoms with Gasteiger partial charge in [-0.25, -0.2) is 4.90 Å². The van der Waals surface area contributed by atoms with Crippen molar-refractivity contribution >= 4 is 29.1 Å². The zero-order chi connectivity index (χ0) is 15.9. The van der Waals surface area contributed by atoms with E-state index in [0.717, 1.165) is 31.7 Å². The third-order valence-corrected chi connectivity index (χ3v) is 4.75. The second-order valence-electron chi connectivity index (χ2n) is 6.06. The van der Waals surface area contributed by atoms with Crippen LogP contribution in [0.3, 0.4) is 0 Å². The molecule has 22 heavy (non-hydrogen) atoms. The van der Waals surface area contributed by atoms with Gasteiger partial charge in [-0.05, 0) is 31.7 Å². The number of nitrogens with zero attached hydrogens (tertiary/aromatic N) is 3. The lowest BCUT2D eigenvalue weighted by molar-refractivity contribution is -0.123. The minimum atomic E-state index is -0.334. The molecular formula is C16H20ClN3O2. The first-order valence-electron chi connectivity index (χ1n) is 7.53. The summed E-state index contributed by atoms with van der Waals surface area (Å²) in [4.78, 5) is 30.8. The topological polar surface area (TPSA) is 43.9 Å². The average molecular weight is 322 g/mol. The fraction of sp³-hybridized carbons (Fsp3) is 0.500. The summed E-state index contributed by atoms with van der Waals surface area (Å²) < 4.78 is 0. The number of benzene rings is 1. The molecule has 2 fully saturated rings. The summed E-state index contributed by atoms with van der Waals surface area (Å²) in [5.74, 6) is -0.265. The summed E-state index contributed by atoms with van der Waals surface area (Å²) in [7, 11) is 2.07. The number of piperazine rings is 1. The maximum absolute atomic E-state index is 12.8. The second-order valence-corrected chi connectivity index (χ2v) is 6.49. The SMILES string of the molecule is Cc1ccc(Cl)cc1N1C(=O)C[C@H](N2CCN(C)CC2)C1=O. The minimum Gasteiger partial charge on any atom is -0.304 e. The van der Waals surface area contributed by atoms with E-state index >= 15 is 0 Å². The standard InChI is InChI=1S/C16H20ClN3O2/c1-11-3-4-12(17)9-13(11)20-15(21)10-14(16(20)22)19-7-5-18(2)6-8-19/h3-4,9,14H,5-8,10H2,1-2H3/t14-/m0/s1. The van der Waals surface area contributed by atoms with Crippen LogP contribution < -0.4 is 4.90 Å². The zero-order valence-electron chi connectivity index (χ0n) is 12.9. The second kappa shape index (κ2) is 5.99. The summed E-state index contributed by atoms with van der Waals surface area (Å²) in [6.45, 7) is 5.38. The highest BCUT2D eigenvalue weighted by atomic mass is 35.5. The number of rotatable bonds is 2. The third-order valence-electron chi connectivity index (χ3n) is 4.51. The summed E-state index contributed by atoms with van der Waals surface area (Å²) in [5, 5.41) is 0.532. The fourth-order valence-corrected chi connectivity index (χ4v) is 3.28. The van der Waals surface area contributed by atoms with Crippen LogP contribution >= 0.6 is 11.6 Å². The number of carbonyl (C=O) groups is 2. The number of halogens is 1. The van der Waals surface area contributed by atoms with Crippen molar-refractivity contribution in [3.8, 4) is 0 Å². The van der Waals surface area contributed by atoms with Crippen molar-refractivity contribution in [1.29, 1.82) is 0 Å². The molecule has 1 aromatic carbocycles. The van der Waals surface area contributed by atoms with Gasteiger partial charge in [0.1, 0.15) is 0 Å². The van der Waals surface area contributed by atoms with Crippen molar-refractivity contribution in [2.75, 3.05) is 38.1 Å². The van der Waals surface area contributed by atoms with Crippen LogP contribution in [0.5, 0.6) is 0 Å². The molecule has 2 amide bonds. The van der Waals surface area contributed by atoms with Crippen LogP contribution in [0.2, 0.25) is 5.02 Å². The molecule has 5 nitrogen and oxygen atoms in total. The Kier molecular flexibility index (Phi) is 4.21. The van der Waals surface area contributed by atoms with E-state index in [9.17, 15) is 9.59 Å². The minimum absolute atomic E-state index is 0.125. The van der Waals surface area contributed by atoms with E-state index in [0.29, 0.717) is 10.7 Å². The van der Waals surface area contributed by atoms with Crippen LogP contribution in [0.4, 0.5) is 5.69 Å². The number of hydrogen-bond acceptors (Lipinski definition) is 4. The Morgan fingerprint density at radius 2 is 1.82 bits per heavy atom. The van der Waals surface area contributed by atoms with E-state index in [1.54, 1.807) is 12.1 Å². The van der Waals surface area contributed by atoms with Crippen LogP contribution in [-0.2, 0) is 9.59 Å². The molecule has 6 heteroatoms. The van der Waals surface area contributed by atoms with Crippen LogP contribution in [0.25, 0.3) is 0 Å². The first-order chi connectivity index (χ1) is 10.5. The number of aryl methyl sites for hydroxylation is 1. The predicted octanol–water partition coefficient (Wildman–Crippen LogP) is 1.53. The van der Waals surface area contributed by atoms with Crippen molar-refractivity contribution < 1.29 is 9.59 Å². The van der Waals surface area contributed by atoms with E-state index in [1.807, 2.05) is 13.0 Å². The Bertz CT molecular complexity index is 611. The summed E-state index contributed by atoms with van der Waals surface area (Å²) in [6.07, 6.45) is 0.258. The Hall–Kier alpha value is -1.43. The number of amides is 2. The number of anilines is 1. The highest BCUT2D eigenvalue weighted by Crippen LogP contribution is 2.30. The maximum atomic E-state index is 12.8. The summed E-state index contributed by atoms with van der Waals surface area (Å²) in [6, 6.07) is 4.96. The zero-order valence-corrected chi connectivity index (χ0v) is 13.6. The Balaban J connectivity index is 1.84. The van der Waals surface area contributed by atoms with Gasteiger partial charge in [0.05, 0.1) is 18.2 Å². The molecule has 2 saturated heterocycles. The first-order valence-corrected chi connectivity index (χ1v) is 7.90. The lowest BCUT2D eigenvalue weighted by Crippen LogP contribution is -2.51. The molecule has 118 valence electrons. The lowest BCUT2D eigenvalue weighted by Gasteiger charge is -2.35. The largest absolute Gasteiger partial charge is 0.304 e. The van der Waals surface area contributed by atoms with E-state index in [1.165, 1.54) is 4.90 Å². The third kappa shape index (κ3) is 2.76. The highest BCUT2D eigenvalue weighted by Gasteiger charge is 2.43. The van der Waals surface area contributed by atoms with E-state index in [2.05, 4.69) is 16.8 Å². The average Bonchev–Trinajstić information content (AvgIpc) is 2.78. The van der Waals surface area contributed by atoms with Crippen LogP contribution in [0.1, 0.15) is 12.0 Å². The molecular weight excluding hydrogens is 302 g/mol. The van der Waals surface area contributed by atoms with Gasteiger partial charge in [-0.15, -0.1) is 0 Å². The normalized spacial score (nSPS) is 24.3. The van der Waals surface area contributed by atoms with Crippen molar-refractivity contribution in [3.63, 3.8) is 0 Å². The number of carbonyl (C=O) groups excluding carboxylic acids is 2. The van der Waals surface area contributed by atoms with Crippen molar-refractivity contribution in [2.24, 2.45) is 0 Å². The van der Waals surface area contributed by atoms with Crippen molar-refractivity contribution in [3.05, 3.63) is 28.8 Å². The van der Waals surface area contributed by atoms with Crippen LogP contribution in [-0.4, -0.2) is 60.9 Å². The van der Waals surface area contributed by atoms with Gasteiger partial charge in [-0.2, -0.15) is 0 Å². The lowest BCUT2D eigenvalue weighted by atomic mass is 10.1. The molecule has 0 saturated carbocycles. The molecule has 0 spiro atoms. The molecule has 2 heterocycles. The van der Waals surface area contributed by atoms with E-state index < -0.39 is 0 Å². The van der Waals surface area contributed by atoms with Crippen molar-refractivity contribution in [1.82, 2.24) is 9.80 Å². The van der Waals surface area contributed by atoms with Crippen molar-refractivity contribution in [2.45, 2.75) is 19.4 Å². The Morgan fingerprint density at radius 1 is 1.14 bits per heavy atom. The first kappa shape index (κ1) is 15.5. The van der Waals surface area contributed by atoms with Gasteiger partial charge in [0.2, 0.25) is 5.91 Å². The smallest absolute Gasteiger partial charge is 0.251 e. The maximum Gasteiger partial charge on any atom is 0.251 e. The molecule has 0 aromatic heterocycles. The molecule has 1 atom stereocenters. The van der Waals surface area contributed by atoms with Gasteiger partial charge in [-0.1, -0.05) is 17.7 Å². The number of hydrogen-bond donors (Lipinski definition) is 0. The molecule has 0 N–H and O–H groups in total. The van der Waals surface area contributed by atoms with Crippen LogP contribution in [0, 0.1) is 6.92 Å². The Labute approximate surface area is 135 Å². The number of likely N-dealkylation sites (N-methyl/N-ethyl adjacent to an activating group) is 1. The van der Waals surface area contributed by atoms with Gasteiger partial charge in [0.15, 0.2) is 0 Å². The van der Waals surface area contributed by atoms with Gasteiger partial charge < -0.3 is 4.90 Å². The molecule has 2 aliphatic heterocycles. The molecule has 3 rings (SSSR count). The monoisotopic (exact) mass is 321 g/mol. The highest BCUT2D eigenvalue weighted by molar-refractivity contribution is 6.31. The van der Waals surface area contributed by atoms with Crippen LogP contribution in [0.15, 0.2) is 18.2 Å². The molecule has 0 aliphatic carbocycles. The molecule has 0 bridgehead atoms. The molecule has 0 unspecified atom stereocenters. The molecule has 2 aliphatic rings. The van der Waals surface area contributed by atoms with Gasteiger partial charge >= 0.3 is 0 Å². The van der Waals surface area contributed by atoms with Gasteiger partial charge in [0.25, 0.3) is 5.91 Å². The summed E-state index contributed by atoms with van der Waals surface area (Å²) >= 11 is 6.03.